The van der Waals surface area contributed by atoms with Crippen molar-refractivity contribution in [1.29, 1.82) is 0 Å². The molecule has 2 aromatic rings. The van der Waals surface area contributed by atoms with Crippen LogP contribution in [0.5, 0.6) is 11.8 Å². The first-order valence-corrected chi connectivity index (χ1v) is 6.10. The first kappa shape index (κ1) is 13.3. The van der Waals surface area contributed by atoms with Crippen LogP contribution < -0.4 is 9.47 Å². The summed E-state index contributed by atoms with van der Waals surface area (Å²) in [5.41, 5.74) is 5.39. The fourth-order valence-electron chi connectivity index (χ4n) is 2.23. The normalized spacial score (nSPS) is 10.4. The molecule has 0 radical (unpaired) electrons. The molecule has 0 saturated heterocycles. The van der Waals surface area contributed by atoms with Crippen molar-refractivity contribution >= 4 is 0 Å². The highest BCUT2D eigenvalue weighted by Gasteiger charge is 2.14. The van der Waals surface area contributed by atoms with Crippen LogP contribution in [-0.2, 0) is 0 Å². The molecule has 4 nitrogen and oxygen atoms in total. The van der Waals surface area contributed by atoms with E-state index in [0.29, 0.717) is 6.01 Å². The zero-order valence-electron chi connectivity index (χ0n) is 11.9. The molecule has 0 atom stereocenters. The molecule has 0 N–H and O–H groups in total. The molecule has 0 spiro atoms. The molecule has 0 aliphatic carbocycles. The van der Waals surface area contributed by atoms with E-state index in [9.17, 15) is 0 Å². The van der Waals surface area contributed by atoms with Crippen LogP contribution in [0.3, 0.4) is 0 Å². The summed E-state index contributed by atoms with van der Waals surface area (Å²) in [5.74, 6) is 0.903. The van der Waals surface area contributed by atoms with Crippen LogP contribution in [0.4, 0.5) is 0 Å². The number of aryl methyl sites for hydroxylation is 1. The van der Waals surface area contributed by atoms with E-state index < -0.39 is 0 Å². The summed E-state index contributed by atoms with van der Waals surface area (Å²) in [5, 5.41) is 0. The molecule has 0 saturated carbocycles. The van der Waals surface area contributed by atoms with Crippen LogP contribution in [0.2, 0.25) is 0 Å². The fraction of sp³-hybridized carbons (Fsp3) is 0.333. The molecule has 1 aromatic heterocycles. The summed E-state index contributed by atoms with van der Waals surface area (Å²) in [6, 6.07) is 4.31. The van der Waals surface area contributed by atoms with Gasteiger partial charge in [-0.15, -0.1) is 0 Å². The largest absolute Gasteiger partial charge is 0.496 e. The van der Waals surface area contributed by atoms with Gasteiger partial charge in [0.1, 0.15) is 5.75 Å². The average Bonchev–Trinajstić information content (AvgIpc) is 2.43. The Morgan fingerprint density at radius 1 is 1.00 bits per heavy atom. The third kappa shape index (κ3) is 2.38. The number of methoxy groups -OCH3 is 2. The predicted molar refractivity (Wildman–Crippen MR) is 74.8 cm³/mol. The maximum absolute atomic E-state index is 5.38. The van der Waals surface area contributed by atoms with Gasteiger partial charge >= 0.3 is 6.01 Å². The van der Waals surface area contributed by atoms with E-state index in [1.54, 1.807) is 20.4 Å². The number of aromatic nitrogens is 2. The van der Waals surface area contributed by atoms with Gasteiger partial charge in [0.15, 0.2) is 0 Å². The van der Waals surface area contributed by atoms with E-state index in [4.69, 9.17) is 9.47 Å². The monoisotopic (exact) mass is 258 g/mol. The third-order valence-electron chi connectivity index (χ3n) is 3.34. The van der Waals surface area contributed by atoms with Crippen LogP contribution in [0, 0.1) is 20.8 Å². The van der Waals surface area contributed by atoms with Crippen LogP contribution in [0.15, 0.2) is 18.3 Å². The second kappa shape index (κ2) is 5.26. The standard InChI is InChI=1S/C15H18N2O2/c1-9-8-13(18-4)10(2)11(3)14(9)12-6-7-16-15(17-12)19-5/h6-8H,1-5H3. The summed E-state index contributed by atoms with van der Waals surface area (Å²) in [7, 11) is 3.26. The van der Waals surface area contributed by atoms with E-state index in [1.807, 2.05) is 12.1 Å². The Labute approximate surface area is 113 Å². The smallest absolute Gasteiger partial charge is 0.316 e. The van der Waals surface area contributed by atoms with Gasteiger partial charge in [-0.2, -0.15) is 4.98 Å². The molecule has 0 amide bonds. The molecule has 4 heteroatoms. The molecule has 0 unspecified atom stereocenters. The third-order valence-corrected chi connectivity index (χ3v) is 3.34. The van der Waals surface area contributed by atoms with E-state index in [1.165, 1.54) is 0 Å². The van der Waals surface area contributed by atoms with Crippen molar-refractivity contribution < 1.29 is 9.47 Å². The van der Waals surface area contributed by atoms with Gasteiger partial charge in [0.25, 0.3) is 0 Å². The average molecular weight is 258 g/mol. The second-order valence-corrected chi connectivity index (χ2v) is 4.45. The highest BCUT2D eigenvalue weighted by atomic mass is 16.5. The highest BCUT2D eigenvalue weighted by Crippen LogP contribution is 2.33. The molecule has 0 aliphatic heterocycles. The van der Waals surface area contributed by atoms with Crippen molar-refractivity contribution in [3.63, 3.8) is 0 Å². The number of hydrogen-bond acceptors (Lipinski definition) is 4. The number of nitrogens with zero attached hydrogens (tertiary/aromatic N) is 2. The van der Waals surface area contributed by atoms with Crippen LogP contribution >= 0.6 is 0 Å². The lowest BCUT2D eigenvalue weighted by atomic mass is 9.95. The zero-order valence-corrected chi connectivity index (χ0v) is 11.9. The van der Waals surface area contributed by atoms with E-state index in [2.05, 4.69) is 30.7 Å². The Morgan fingerprint density at radius 2 is 1.74 bits per heavy atom. The summed E-state index contributed by atoms with van der Waals surface area (Å²) >= 11 is 0. The first-order valence-electron chi connectivity index (χ1n) is 6.10. The quantitative estimate of drug-likeness (QED) is 0.848. The predicted octanol–water partition coefficient (Wildman–Crippen LogP) is 3.09. The Bertz CT molecular complexity index is 609. The van der Waals surface area contributed by atoms with Gasteiger partial charge in [-0.3, -0.25) is 0 Å². The van der Waals surface area contributed by atoms with Gasteiger partial charge < -0.3 is 9.47 Å². The van der Waals surface area contributed by atoms with E-state index in [-0.39, 0.29) is 0 Å². The molecule has 100 valence electrons. The lowest BCUT2D eigenvalue weighted by Crippen LogP contribution is -1.99. The van der Waals surface area contributed by atoms with Crippen molar-refractivity contribution in [2.75, 3.05) is 14.2 Å². The van der Waals surface area contributed by atoms with Gasteiger partial charge in [-0.1, -0.05) is 0 Å². The number of benzene rings is 1. The van der Waals surface area contributed by atoms with E-state index in [0.717, 1.165) is 33.7 Å². The van der Waals surface area contributed by atoms with Crippen molar-refractivity contribution in [2.45, 2.75) is 20.8 Å². The molecule has 0 bridgehead atoms. The summed E-state index contributed by atoms with van der Waals surface area (Å²) in [6.45, 7) is 6.18. The summed E-state index contributed by atoms with van der Waals surface area (Å²) in [4.78, 5) is 8.45. The molecular weight excluding hydrogens is 240 g/mol. The minimum atomic E-state index is 0.379. The lowest BCUT2D eigenvalue weighted by molar-refractivity contribution is 0.380. The fourth-order valence-corrected chi connectivity index (χ4v) is 2.23. The lowest BCUT2D eigenvalue weighted by Gasteiger charge is -2.15. The number of ether oxygens (including phenoxy) is 2. The first-order chi connectivity index (χ1) is 9.08. The Balaban J connectivity index is 2.65. The summed E-state index contributed by atoms with van der Waals surface area (Å²) < 4.78 is 10.5. The van der Waals surface area contributed by atoms with Gasteiger partial charge in [0, 0.05) is 11.8 Å². The van der Waals surface area contributed by atoms with Gasteiger partial charge in [-0.05, 0) is 49.6 Å². The molecule has 1 heterocycles. The van der Waals surface area contributed by atoms with Crippen LogP contribution in [-0.4, -0.2) is 24.2 Å². The van der Waals surface area contributed by atoms with Gasteiger partial charge in [0.2, 0.25) is 0 Å². The maximum atomic E-state index is 5.38. The molecule has 2 rings (SSSR count). The summed E-state index contributed by atoms with van der Waals surface area (Å²) in [6.07, 6.45) is 1.71. The van der Waals surface area contributed by atoms with Gasteiger partial charge in [-0.25, -0.2) is 4.98 Å². The minimum Gasteiger partial charge on any atom is -0.496 e. The number of hydrogen-bond donors (Lipinski definition) is 0. The van der Waals surface area contributed by atoms with Crippen molar-refractivity contribution in [1.82, 2.24) is 9.97 Å². The molecule has 0 aliphatic rings. The Kier molecular flexibility index (Phi) is 3.69. The highest BCUT2D eigenvalue weighted by molar-refractivity contribution is 5.71. The topological polar surface area (TPSA) is 44.2 Å². The number of rotatable bonds is 3. The Hall–Kier alpha value is -2.10. The van der Waals surface area contributed by atoms with Crippen molar-refractivity contribution in [2.24, 2.45) is 0 Å². The van der Waals surface area contributed by atoms with E-state index >= 15 is 0 Å². The zero-order chi connectivity index (χ0) is 14.0. The van der Waals surface area contributed by atoms with Crippen LogP contribution in [0.25, 0.3) is 11.3 Å². The maximum Gasteiger partial charge on any atom is 0.316 e. The minimum absolute atomic E-state index is 0.379. The second-order valence-electron chi connectivity index (χ2n) is 4.45. The molecular formula is C15H18N2O2. The molecule has 1 aromatic carbocycles. The van der Waals surface area contributed by atoms with Crippen molar-refractivity contribution in [3.05, 3.63) is 35.0 Å². The Morgan fingerprint density at radius 3 is 2.37 bits per heavy atom. The van der Waals surface area contributed by atoms with Gasteiger partial charge in [0.05, 0.1) is 19.9 Å². The molecule has 0 fully saturated rings. The van der Waals surface area contributed by atoms with Crippen molar-refractivity contribution in [3.8, 4) is 23.0 Å². The SMILES string of the molecule is COc1nccc(-c2c(C)cc(OC)c(C)c2C)n1. The molecule has 19 heavy (non-hydrogen) atoms. The van der Waals surface area contributed by atoms with Crippen LogP contribution in [0.1, 0.15) is 16.7 Å².